The summed E-state index contributed by atoms with van der Waals surface area (Å²) in [5.41, 5.74) is 2.81. The molecule has 0 bridgehead atoms. The first-order valence-corrected chi connectivity index (χ1v) is 16.8. The Bertz CT molecular complexity index is 1710. The molecule has 0 saturated heterocycles. The van der Waals surface area contributed by atoms with Crippen LogP contribution in [0.15, 0.2) is 112 Å². The zero-order valence-electron chi connectivity index (χ0n) is 25.8. The molecule has 10 heteroatoms. The lowest BCUT2D eigenvalue weighted by molar-refractivity contribution is -0.140. The summed E-state index contributed by atoms with van der Waals surface area (Å²) in [4.78, 5) is 29.8. The Kier molecular flexibility index (Phi) is 11.4. The second kappa shape index (κ2) is 15.2. The van der Waals surface area contributed by atoms with Gasteiger partial charge in [-0.25, -0.2) is 8.42 Å². The molecule has 0 aliphatic rings. The van der Waals surface area contributed by atoms with E-state index in [4.69, 9.17) is 4.74 Å². The van der Waals surface area contributed by atoms with Gasteiger partial charge in [0.2, 0.25) is 11.8 Å². The van der Waals surface area contributed by atoms with Gasteiger partial charge in [0.05, 0.1) is 17.7 Å². The number of methoxy groups -OCH3 is 1. The van der Waals surface area contributed by atoms with E-state index in [9.17, 15) is 18.0 Å². The summed E-state index contributed by atoms with van der Waals surface area (Å²) in [7, 11) is -2.62. The van der Waals surface area contributed by atoms with Crippen molar-refractivity contribution in [2.45, 2.75) is 50.7 Å². The molecule has 4 aromatic carbocycles. The molecular formula is C35H38BrN3O5S. The van der Waals surface area contributed by atoms with E-state index >= 15 is 0 Å². The summed E-state index contributed by atoms with van der Waals surface area (Å²) >= 11 is 3.44. The number of benzene rings is 4. The van der Waals surface area contributed by atoms with Crippen LogP contribution in [0.2, 0.25) is 0 Å². The fourth-order valence-electron chi connectivity index (χ4n) is 4.90. The molecule has 2 amide bonds. The normalized spacial score (nSPS) is 12.0. The largest absolute Gasteiger partial charge is 0.497 e. The van der Waals surface area contributed by atoms with Crippen molar-refractivity contribution in [3.8, 4) is 5.75 Å². The summed E-state index contributed by atoms with van der Waals surface area (Å²) in [6.45, 7) is 5.11. The smallest absolute Gasteiger partial charge is 0.264 e. The molecule has 0 heterocycles. The van der Waals surface area contributed by atoms with Gasteiger partial charge in [0, 0.05) is 23.5 Å². The number of aryl methyl sites for hydroxylation is 1. The molecule has 0 aromatic heterocycles. The molecule has 1 atom stereocenters. The highest BCUT2D eigenvalue weighted by molar-refractivity contribution is 9.10. The van der Waals surface area contributed by atoms with Gasteiger partial charge in [0.25, 0.3) is 10.0 Å². The summed E-state index contributed by atoms with van der Waals surface area (Å²) < 4.78 is 35.4. The molecule has 8 nitrogen and oxygen atoms in total. The standard InChI is InChI=1S/C35H38BrN3O5S/c1-25(2)37-35(41)33(21-27-10-6-5-7-11-27)38(23-28-12-8-15-31(20-28)44-4)34(40)24-39(30-14-9-13-29(36)22-30)45(42,43)32-18-16-26(3)17-19-32/h5-20,22,25,33H,21,23-24H2,1-4H3,(H,37,41)/t33-/m1/s1. The van der Waals surface area contributed by atoms with Gasteiger partial charge in [0.1, 0.15) is 18.3 Å². The Hall–Kier alpha value is -4.15. The first kappa shape index (κ1) is 33.7. The topological polar surface area (TPSA) is 96.0 Å². The van der Waals surface area contributed by atoms with Crippen LogP contribution in [0.5, 0.6) is 5.75 Å². The van der Waals surface area contributed by atoms with Crippen LogP contribution in [0.25, 0.3) is 0 Å². The van der Waals surface area contributed by atoms with E-state index in [0.717, 1.165) is 21.0 Å². The van der Waals surface area contributed by atoms with E-state index < -0.39 is 28.5 Å². The first-order chi connectivity index (χ1) is 21.5. The third-order valence-corrected chi connectivity index (χ3v) is 9.45. The predicted molar refractivity (Wildman–Crippen MR) is 181 cm³/mol. The van der Waals surface area contributed by atoms with Crippen LogP contribution in [0.3, 0.4) is 0 Å². The Balaban J connectivity index is 1.82. The Morgan fingerprint density at radius 1 is 0.867 bits per heavy atom. The van der Waals surface area contributed by atoms with Gasteiger partial charge < -0.3 is 15.0 Å². The number of hydrogen-bond acceptors (Lipinski definition) is 5. The fourth-order valence-corrected chi connectivity index (χ4v) is 6.69. The number of rotatable bonds is 13. The van der Waals surface area contributed by atoms with Crippen molar-refractivity contribution in [1.29, 1.82) is 0 Å². The van der Waals surface area contributed by atoms with E-state index in [1.807, 2.05) is 63.2 Å². The molecule has 1 N–H and O–H groups in total. The maximum atomic E-state index is 14.5. The quantitative estimate of drug-likeness (QED) is 0.182. The van der Waals surface area contributed by atoms with E-state index in [1.165, 1.54) is 17.0 Å². The molecule has 0 unspecified atom stereocenters. The molecule has 45 heavy (non-hydrogen) atoms. The van der Waals surface area contributed by atoms with Crippen molar-refractivity contribution in [2.75, 3.05) is 18.0 Å². The van der Waals surface area contributed by atoms with Crippen molar-refractivity contribution in [1.82, 2.24) is 10.2 Å². The molecule has 236 valence electrons. The van der Waals surface area contributed by atoms with Gasteiger partial charge in [-0.1, -0.05) is 82.2 Å². The lowest BCUT2D eigenvalue weighted by Crippen LogP contribution is -2.54. The van der Waals surface area contributed by atoms with Crippen LogP contribution < -0.4 is 14.4 Å². The van der Waals surface area contributed by atoms with Crippen molar-refractivity contribution < 1.29 is 22.7 Å². The Morgan fingerprint density at radius 3 is 2.18 bits per heavy atom. The van der Waals surface area contributed by atoms with E-state index in [0.29, 0.717) is 15.9 Å². The van der Waals surface area contributed by atoms with Gasteiger partial charge in [-0.05, 0) is 74.4 Å². The van der Waals surface area contributed by atoms with Gasteiger partial charge in [-0.2, -0.15) is 0 Å². The summed E-state index contributed by atoms with van der Waals surface area (Å²) in [6.07, 6.45) is 0.233. The van der Waals surface area contributed by atoms with Crippen LogP contribution in [0.1, 0.15) is 30.5 Å². The minimum absolute atomic E-state index is 0.0515. The number of carbonyl (C=O) groups excluding carboxylic acids is 2. The second-order valence-electron chi connectivity index (χ2n) is 11.0. The van der Waals surface area contributed by atoms with Crippen LogP contribution in [0.4, 0.5) is 5.69 Å². The number of hydrogen-bond donors (Lipinski definition) is 1. The van der Waals surface area contributed by atoms with E-state index in [2.05, 4.69) is 21.2 Å². The summed E-state index contributed by atoms with van der Waals surface area (Å²) in [5, 5.41) is 2.97. The third-order valence-electron chi connectivity index (χ3n) is 7.17. The number of amides is 2. The number of nitrogens with zero attached hydrogens (tertiary/aromatic N) is 2. The minimum atomic E-state index is -4.18. The molecule has 4 rings (SSSR count). The zero-order valence-corrected chi connectivity index (χ0v) is 28.2. The molecule has 0 radical (unpaired) electrons. The number of anilines is 1. The highest BCUT2D eigenvalue weighted by atomic mass is 79.9. The number of sulfonamides is 1. The maximum absolute atomic E-state index is 14.5. The van der Waals surface area contributed by atoms with Gasteiger partial charge in [0.15, 0.2) is 0 Å². The summed E-state index contributed by atoms with van der Waals surface area (Å²) in [5.74, 6) is -0.266. The van der Waals surface area contributed by atoms with E-state index in [1.54, 1.807) is 55.6 Å². The highest BCUT2D eigenvalue weighted by Crippen LogP contribution is 2.28. The molecule has 0 spiro atoms. The third kappa shape index (κ3) is 8.95. The maximum Gasteiger partial charge on any atom is 0.264 e. The highest BCUT2D eigenvalue weighted by Gasteiger charge is 2.35. The van der Waals surface area contributed by atoms with Crippen molar-refractivity contribution >= 4 is 43.5 Å². The summed E-state index contributed by atoms with van der Waals surface area (Å²) in [6, 6.07) is 28.9. The first-order valence-electron chi connectivity index (χ1n) is 14.6. The van der Waals surface area contributed by atoms with Gasteiger partial charge >= 0.3 is 0 Å². The molecule has 0 aliphatic heterocycles. The van der Waals surface area contributed by atoms with Crippen LogP contribution in [0, 0.1) is 6.92 Å². The van der Waals surface area contributed by atoms with Crippen molar-refractivity contribution in [2.24, 2.45) is 0 Å². The Labute approximate surface area is 274 Å². The molecule has 0 aliphatic carbocycles. The molecule has 0 fully saturated rings. The minimum Gasteiger partial charge on any atom is -0.497 e. The van der Waals surface area contributed by atoms with Crippen molar-refractivity contribution in [3.63, 3.8) is 0 Å². The SMILES string of the molecule is COc1cccc(CN(C(=O)CN(c2cccc(Br)c2)S(=O)(=O)c2ccc(C)cc2)[C@H](Cc2ccccc2)C(=O)NC(C)C)c1. The fraction of sp³-hybridized carbons (Fsp3) is 0.257. The van der Waals surface area contributed by atoms with Crippen molar-refractivity contribution in [3.05, 3.63) is 124 Å². The lowest BCUT2D eigenvalue weighted by atomic mass is 10.0. The molecule has 0 saturated carbocycles. The molecule has 4 aromatic rings. The average molecular weight is 693 g/mol. The number of carbonyl (C=O) groups is 2. The number of halogens is 1. The number of ether oxygens (including phenoxy) is 1. The number of nitrogens with one attached hydrogen (secondary N) is 1. The van der Waals surface area contributed by atoms with Crippen LogP contribution in [-0.4, -0.2) is 50.9 Å². The lowest BCUT2D eigenvalue weighted by Gasteiger charge is -2.34. The zero-order chi connectivity index (χ0) is 32.6. The van der Waals surface area contributed by atoms with E-state index in [-0.39, 0.29) is 29.8 Å². The second-order valence-corrected chi connectivity index (χ2v) is 13.8. The van der Waals surface area contributed by atoms with Gasteiger partial charge in [-0.3, -0.25) is 13.9 Å². The van der Waals surface area contributed by atoms with Crippen LogP contribution >= 0.6 is 15.9 Å². The van der Waals surface area contributed by atoms with Gasteiger partial charge in [-0.15, -0.1) is 0 Å². The molecular weight excluding hydrogens is 654 g/mol. The predicted octanol–water partition coefficient (Wildman–Crippen LogP) is 6.13. The van der Waals surface area contributed by atoms with Crippen LogP contribution in [-0.2, 0) is 32.6 Å². The monoisotopic (exact) mass is 691 g/mol. The average Bonchev–Trinajstić information content (AvgIpc) is 3.01. The Morgan fingerprint density at radius 2 is 1.53 bits per heavy atom.